The molecule has 0 unspecified atom stereocenters. The summed E-state index contributed by atoms with van der Waals surface area (Å²) in [5, 5.41) is 0. The molecule has 0 spiro atoms. The van der Waals surface area contributed by atoms with E-state index in [9.17, 15) is 4.79 Å². The first-order chi connectivity index (χ1) is 10.6. The fourth-order valence-electron chi connectivity index (χ4n) is 1.88. The van der Waals surface area contributed by atoms with Gasteiger partial charge in [-0.1, -0.05) is 52.8 Å². The quantitative estimate of drug-likeness (QED) is 0.428. The molecule has 22 heavy (non-hydrogen) atoms. The smallest absolute Gasteiger partial charge is 0.333 e. The summed E-state index contributed by atoms with van der Waals surface area (Å²) < 4.78 is 11.7. The predicted octanol–water partition coefficient (Wildman–Crippen LogP) is 4.61. The second-order valence-corrected chi connectivity index (χ2v) is 5.69. The molecule has 0 saturated carbocycles. The Morgan fingerprint density at radius 2 is 1.86 bits per heavy atom. The Morgan fingerprint density at radius 1 is 1.14 bits per heavy atom. The molecule has 0 saturated heterocycles. The van der Waals surface area contributed by atoms with Gasteiger partial charge in [0, 0.05) is 15.6 Å². The van der Waals surface area contributed by atoms with Crippen molar-refractivity contribution in [3.05, 3.63) is 65.2 Å². The van der Waals surface area contributed by atoms with Gasteiger partial charge in [0.2, 0.25) is 0 Å². The van der Waals surface area contributed by atoms with Gasteiger partial charge in [0.15, 0.2) is 0 Å². The van der Waals surface area contributed by atoms with Gasteiger partial charge in [0.25, 0.3) is 0 Å². The zero-order valence-corrected chi connectivity index (χ0v) is 13.9. The Kier molecular flexibility index (Phi) is 5.78. The summed E-state index contributed by atoms with van der Waals surface area (Å²) in [7, 11) is 0. The number of hydrogen-bond donors (Lipinski definition) is 0. The number of hydrogen-bond acceptors (Lipinski definition) is 3. The van der Waals surface area contributed by atoms with Gasteiger partial charge in [-0.15, -0.1) is 0 Å². The average Bonchev–Trinajstić information content (AvgIpc) is 2.53. The molecule has 0 aliphatic carbocycles. The third-order valence-electron chi connectivity index (χ3n) is 2.95. The summed E-state index contributed by atoms with van der Waals surface area (Å²) >= 11 is 3.48. The van der Waals surface area contributed by atoms with Crippen LogP contribution >= 0.6 is 15.9 Å². The van der Waals surface area contributed by atoms with E-state index in [0.717, 1.165) is 21.3 Å². The molecule has 2 rings (SSSR count). The number of ether oxygens (including phenoxy) is 2. The van der Waals surface area contributed by atoms with Gasteiger partial charge in [0.1, 0.15) is 19.0 Å². The van der Waals surface area contributed by atoms with Crippen molar-refractivity contribution in [1.82, 2.24) is 0 Å². The molecule has 0 fully saturated rings. The molecule has 4 heteroatoms. The fraction of sp³-hybridized carbons (Fsp3) is 0.167. The first-order valence-electron chi connectivity index (χ1n) is 6.88. The van der Waals surface area contributed by atoms with Gasteiger partial charge in [0.05, 0.1) is 0 Å². The van der Waals surface area contributed by atoms with Crippen LogP contribution < -0.4 is 4.74 Å². The van der Waals surface area contributed by atoms with Gasteiger partial charge in [-0.25, -0.2) is 4.79 Å². The van der Waals surface area contributed by atoms with Crippen molar-refractivity contribution < 1.29 is 14.3 Å². The van der Waals surface area contributed by atoms with Crippen molar-refractivity contribution in [2.24, 2.45) is 0 Å². The van der Waals surface area contributed by atoms with E-state index in [1.807, 2.05) is 48.5 Å². The normalized spacial score (nSPS) is 10.1. The second-order valence-electron chi connectivity index (χ2n) is 4.77. The molecule has 0 amide bonds. The van der Waals surface area contributed by atoms with Crippen LogP contribution in [0.2, 0.25) is 0 Å². The van der Waals surface area contributed by atoms with Crippen LogP contribution in [0.4, 0.5) is 0 Å². The molecule has 0 aliphatic heterocycles. The highest BCUT2D eigenvalue weighted by Crippen LogP contribution is 2.32. The standard InChI is InChI=1S/C18H17BrO3/c1-13(2)18(20)22-11-10-21-17-9-8-15(19)12-16(17)14-6-4-3-5-7-14/h3-9,12H,1,10-11H2,2H3. The zero-order valence-electron chi connectivity index (χ0n) is 12.3. The largest absolute Gasteiger partial charge is 0.489 e. The molecule has 0 heterocycles. The van der Waals surface area contributed by atoms with Crippen LogP contribution in [0.3, 0.4) is 0 Å². The molecule has 0 radical (unpaired) electrons. The van der Waals surface area contributed by atoms with Crippen molar-refractivity contribution in [2.45, 2.75) is 6.92 Å². The predicted molar refractivity (Wildman–Crippen MR) is 90.8 cm³/mol. The van der Waals surface area contributed by atoms with Gasteiger partial charge in [-0.3, -0.25) is 0 Å². The van der Waals surface area contributed by atoms with E-state index >= 15 is 0 Å². The first-order valence-corrected chi connectivity index (χ1v) is 7.67. The third-order valence-corrected chi connectivity index (χ3v) is 3.44. The van der Waals surface area contributed by atoms with E-state index in [1.165, 1.54) is 0 Å². The monoisotopic (exact) mass is 360 g/mol. The number of halogens is 1. The molecular formula is C18H17BrO3. The second kappa shape index (κ2) is 7.80. The van der Waals surface area contributed by atoms with Crippen LogP contribution in [0.1, 0.15) is 6.92 Å². The Balaban J connectivity index is 2.05. The topological polar surface area (TPSA) is 35.5 Å². The third kappa shape index (κ3) is 4.46. The lowest BCUT2D eigenvalue weighted by molar-refractivity contribution is -0.139. The minimum absolute atomic E-state index is 0.190. The van der Waals surface area contributed by atoms with E-state index in [2.05, 4.69) is 22.5 Å². The highest BCUT2D eigenvalue weighted by molar-refractivity contribution is 9.10. The van der Waals surface area contributed by atoms with E-state index in [-0.39, 0.29) is 6.61 Å². The summed E-state index contributed by atoms with van der Waals surface area (Å²) in [6.45, 7) is 5.63. The van der Waals surface area contributed by atoms with E-state index < -0.39 is 5.97 Å². The molecule has 0 N–H and O–H groups in total. The highest BCUT2D eigenvalue weighted by atomic mass is 79.9. The van der Waals surface area contributed by atoms with E-state index in [0.29, 0.717) is 12.2 Å². The van der Waals surface area contributed by atoms with E-state index in [1.54, 1.807) is 6.92 Å². The first kappa shape index (κ1) is 16.3. The molecule has 2 aromatic carbocycles. The Bertz CT molecular complexity index is 665. The number of esters is 1. The van der Waals surface area contributed by atoms with Gasteiger partial charge in [-0.05, 0) is 30.7 Å². The molecule has 0 aliphatic rings. The highest BCUT2D eigenvalue weighted by Gasteiger charge is 2.08. The number of benzene rings is 2. The minimum atomic E-state index is -0.400. The van der Waals surface area contributed by atoms with Crippen LogP contribution in [-0.2, 0) is 9.53 Å². The summed E-state index contributed by atoms with van der Waals surface area (Å²) in [4.78, 5) is 11.3. The summed E-state index contributed by atoms with van der Waals surface area (Å²) in [5.74, 6) is 0.350. The Hall–Kier alpha value is -2.07. The Labute approximate surface area is 138 Å². The zero-order chi connectivity index (χ0) is 15.9. The van der Waals surface area contributed by atoms with Crippen molar-refractivity contribution in [2.75, 3.05) is 13.2 Å². The molecule has 2 aromatic rings. The number of carbonyl (C=O) groups excluding carboxylic acids is 1. The molecule has 114 valence electrons. The van der Waals surface area contributed by atoms with Crippen molar-refractivity contribution in [1.29, 1.82) is 0 Å². The lowest BCUT2D eigenvalue weighted by Crippen LogP contribution is -2.12. The summed E-state index contributed by atoms with van der Waals surface area (Å²) in [6, 6.07) is 15.8. The maximum atomic E-state index is 11.3. The van der Waals surface area contributed by atoms with Gasteiger partial charge < -0.3 is 9.47 Å². The summed E-state index contributed by atoms with van der Waals surface area (Å²) in [6.07, 6.45) is 0. The SMILES string of the molecule is C=C(C)C(=O)OCCOc1ccc(Br)cc1-c1ccccc1. The number of carbonyl (C=O) groups is 1. The molecule has 3 nitrogen and oxygen atoms in total. The van der Waals surface area contributed by atoms with Crippen LogP contribution in [0.5, 0.6) is 5.75 Å². The maximum absolute atomic E-state index is 11.3. The van der Waals surface area contributed by atoms with Gasteiger partial charge in [-0.2, -0.15) is 0 Å². The minimum Gasteiger partial charge on any atom is -0.489 e. The van der Waals surface area contributed by atoms with Crippen LogP contribution in [-0.4, -0.2) is 19.2 Å². The molecule has 0 aromatic heterocycles. The van der Waals surface area contributed by atoms with Crippen LogP contribution in [0.15, 0.2) is 65.2 Å². The number of rotatable bonds is 6. The fourth-order valence-corrected chi connectivity index (χ4v) is 2.24. The van der Waals surface area contributed by atoms with Crippen molar-refractivity contribution >= 4 is 21.9 Å². The van der Waals surface area contributed by atoms with Crippen LogP contribution in [0, 0.1) is 0 Å². The maximum Gasteiger partial charge on any atom is 0.333 e. The average molecular weight is 361 g/mol. The molecule has 0 bridgehead atoms. The van der Waals surface area contributed by atoms with Gasteiger partial charge >= 0.3 is 5.97 Å². The Morgan fingerprint density at radius 3 is 2.55 bits per heavy atom. The summed E-state index contributed by atoms with van der Waals surface area (Å²) in [5.41, 5.74) is 2.44. The van der Waals surface area contributed by atoms with E-state index in [4.69, 9.17) is 9.47 Å². The van der Waals surface area contributed by atoms with Crippen LogP contribution in [0.25, 0.3) is 11.1 Å². The van der Waals surface area contributed by atoms with Crippen molar-refractivity contribution in [3.63, 3.8) is 0 Å². The van der Waals surface area contributed by atoms with Crippen molar-refractivity contribution in [3.8, 4) is 16.9 Å². The lowest BCUT2D eigenvalue weighted by Gasteiger charge is -2.12. The molecular weight excluding hydrogens is 344 g/mol. The lowest BCUT2D eigenvalue weighted by atomic mass is 10.1. The molecule has 0 atom stereocenters.